The van der Waals surface area contributed by atoms with Gasteiger partial charge in [-0.25, -0.2) is 4.79 Å². The van der Waals surface area contributed by atoms with Crippen molar-refractivity contribution in [2.45, 2.75) is 13.0 Å². The molecule has 0 bridgehead atoms. The number of thiocarbonyl (C=S) groups is 1. The number of anilines is 1. The summed E-state index contributed by atoms with van der Waals surface area (Å²) in [5, 5.41) is 3.98. The van der Waals surface area contributed by atoms with E-state index in [1.54, 1.807) is 17.0 Å². The molecule has 2 heterocycles. The highest BCUT2D eigenvalue weighted by Crippen LogP contribution is 2.42. The van der Waals surface area contributed by atoms with Crippen LogP contribution in [0.5, 0.6) is 23.0 Å². The van der Waals surface area contributed by atoms with Gasteiger partial charge in [-0.05, 0) is 49.0 Å². The molecule has 1 N–H and O–H groups in total. The quantitative estimate of drug-likeness (QED) is 0.494. The van der Waals surface area contributed by atoms with Crippen molar-refractivity contribution in [3.05, 3.63) is 52.2 Å². The molecule has 2 aromatic carbocycles. The number of nitrogens with one attached hydrogen (secondary N) is 1. The van der Waals surface area contributed by atoms with Gasteiger partial charge in [0.05, 0.1) is 43.7 Å². The van der Waals surface area contributed by atoms with Crippen LogP contribution in [0.1, 0.15) is 18.5 Å². The van der Waals surface area contributed by atoms with E-state index in [0.29, 0.717) is 63.2 Å². The predicted octanol–water partition coefficient (Wildman–Crippen LogP) is 4.01. The fourth-order valence-electron chi connectivity index (χ4n) is 3.95. The average molecular weight is 491 g/mol. The van der Waals surface area contributed by atoms with E-state index in [9.17, 15) is 4.79 Å². The molecule has 0 aliphatic carbocycles. The molecular weight excluding hydrogens is 468 g/mol. The third kappa shape index (κ3) is 4.14. The third-order valence-electron chi connectivity index (χ3n) is 5.46. The molecule has 0 spiro atoms. The molecule has 0 radical (unpaired) electrons. The fraction of sp³-hybridized carbons (Fsp3) is 0.304. The lowest BCUT2D eigenvalue weighted by Gasteiger charge is -2.38. The highest BCUT2D eigenvalue weighted by molar-refractivity contribution is 7.80. The van der Waals surface area contributed by atoms with E-state index < -0.39 is 12.0 Å². The molecule has 0 aromatic heterocycles. The Hall–Kier alpha value is -3.17. The molecule has 1 atom stereocenters. The summed E-state index contributed by atoms with van der Waals surface area (Å²) < 4.78 is 27.2. The number of allylic oxidation sites excluding steroid dienone is 1. The summed E-state index contributed by atoms with van der Waals surface area (Å²) in [5.74, 6) is 1.61. The maximum absolute atomic E-state index is 12.9. The number of methoxy groups -OCH3 is 3. The SMILES string of the molecule is COC(=O)C1=C(C)N(c2ccc3c(c2)OCCO3)C(=S)N[C@@H]1c1cc(Cl)c(OC)c(OC)c1. The first-order chi connectivity index (χ1) is 15.9. The lowest BCUT2D eigenvalue weighted by molar-refractivity contribution is -0.136. The number of hydrogen-bond acceptors (Lipinski definition) is 7. The topological polar surface area (TPSA) is 78.5 Å². The first-order valence-corrected chi connectivity index (χ1v) is 10.9. The Labute approximate surface area is 202 Å². The van der Waals surface area contributed by atoms with Gasteiger partial charge < -0.3 is 29.0 Å². The van der Waals surface area contributed by atoms with Crippen molar-refractivity contribution in [2.24, 2.45) is 0 Å². The van der Waals surface area contributed by atoms with Crippen LogP contribution < -0.4 is 29.2 Å². The zero-order valence-corrected chi connectivity index (χ0v) is 20.1. The number of carbonyl (C=O) groups excluding carboxylic acids is 1. The van der Waals surface area contributed by atoms with Crippen LogP contribution >= 0.6 is 23.8 Å². The summed E-state index contributed by atoms with van der Waals surface area (Å²) in [6.07, 6.45) is 0. The molecule has 4 rings (SSSR count). The van der Waals surface area contributed by atoms with E-state index in [2.05, 4.69) is 5.32 Å². The zero-order chi connectivity index (χ0) is 23.7. The summed E-state index contributed by atoms with van der Waals surface area (Å²) in [4.78, 5) is 14.7. The van der Waals surface area contributed by atoms with Crippen molar-refractivity contribution in [3.63, 3.8) is 0 Å². The fourth-order valence-corrected chi connectivity index (χ4v) is 4.61. The number of esters is 1. The van der Waals surface area contributed by atoms with Crippen LogP contribution in [-0.4, -0.2) is 45.6 Å². The zero-order valence-electron chi connectivity index (χ0n) is 18.6. The second-order valence-electron chi connectivity index (χ2n) is 7.27. The first kappa shape index (κ1) is 23.0. The lowest BCUT2D eigenvalue weighted by atomic mass is 9.94. The Morgan fingerprint density at radius 2 is 1.85 bits per heavy atom. The average Bonchev–Trinajstić information content (AvgIpc) is 2.82. The molecule has 0 amide bonds. The van der Waals surface area contributed by atoms with Crippen molar-refractivity contribution in [1.29, 1.82) is 0 Å². The minimum atomic E-state index is -0.615. The van der Waals surface area contributed by atoms with Crippen LogP contribution in [0.25, 0.3) is 0 Å². The Bertz CT molecular complexity index is 1150. The number of benzene rings is 2. The maximum Gasteiger partial charge on any atom is 0.337 e. The Morgan fingerprint density at radius 3 is 2.52 bits per heavy atom. The number of rotatable bonds is 5. The van der Waals surface area contributed by atoms with Crippen LogP contribution in [0.15, 0.2) is 41.6 Å². The minimum Gasteiger partial charge on any atom is -0.493 e. The number of fused-ring (bicyclic) bond motifs is 1. The Kier molecular flexibility index (Phi) is 6.53. The Balaban J connectivity index is 1.82. The van der Waals surface area contributed by atoms with E-state index in [1.807, 2.05) is 25.1 Å². The molecule has 2 aliphatic rings. The van der Waals surface area contributed by atoms with Gasteiger partial charge >= 0.3 is 5.97 Å². The molecule has 10 heteroatoms. The summed E-state index contributed by atoms with van der Waals surface area (Å²) in [7, 11) is 4.36. The number of ether oxygens (including phenoxy) is 5. The van der Waals surface area contributed by atoms with E-state index in [0.717, 1.165) is 5.69 Å². The summed E-state index contributed by atoms with van der Waals surface area (Å²) in [6, 6.07) is 8.34. The molecule has 2 aromatic rings. The number of halogens is 1. The van der Waals surface area contributed by atoms with Gasteiger partial charge in [-0.3, -0.25) is 4.90 Å². The van der Waals surface area contributed by atoms with Crippen LogP contribution in [-0.2, 0) is 9.53 Å². The van der Waals surface area contributed by atoms with E-state index in [4.69, 9.17) is 47.5 Å². The summed E-state index contributed by atoms with van der Waals surface area (Å²) >= 11 is 12.1. The third-order valence-corrected chi connectivity index (χ3v) is 6.04. The van der Waals surface area contributed by atoms with Gasteiger partial charge in [0.2, 0.25) is 0 Å². The lowest BCUT2D eigenvalue weighted by Crippen LogP contribution is -2.48. The molecule has 0 saturated heterocycles. The van der Waals surface area contributed by atoms with Gasteiger partial charge in [0.25, 0.3) is 0 Å². The smallest absolute Gasteiger partial charge is 0.337 e. The van der Waals surface area contributed by atoms with Crippen molar-refractivity contribution in [2.75, 3.05) is 39.4 Å². The maximum atomic E-state index is 12.9. The Morgan fingerprint density at radius 1 is 1.12 bits per heavy atom. The van der Waals surface area contributed by atoms with Gasteiger partial charge in [0.1, 0.15) is 13.2 Å². The van der Waals surface area contributed by atoms with E-state index in [-0.39, 0.29) is 0 Å². The molecule has 33 heavy (non-hydrogen) atoms. The second kappa shape index (κ2) is 9.36. The monoisotopic (exact) mass is 490 g/mol. The molecule has 8 nitrogen and oxygen atoms in total. The van der Waals surface area contributed by atoms with Gasteiger partial charge in [0, 0.05) is 11.8 Å². The van der Waals surface area contributed by atoms with Crippen molar-refractivity contribution in [3.8, 4) is 23.0 Å². The minimum absolute atomic E-state index is 0.343. The van der Waals surface area contributed by atoms with Gasteiger partial charge in [0.15, 0.2) is 28.1 Å². The van der Waals surface area contributed by atoms with Crippen LogP contribution in [0, 0.1) is 0 Å². The molecule has 0 fully saturated rings. The first-order valence-electron chi connectivity index (χ1n) is 10.1. The molecule has 0 saturated carbocycles. The van der Waals surface area contributed by atoms with Gasteiger partial charge in [-0.1, -0.05) is 11.6 Å². The van der Waals surface area contributed by atoms with Crippen LogP contribution in [0.4, 0.5) is 5.69 Å². The van der Waals surface area contributed by atoms with Crippen LogP contribution in [0.2, 0.25) is 5.02 Å². The summed E-state index contributed by atoms with van der Waals surface area (Å²) in [6.45, 7) is 2.77. The molecule has 2 aliphatic heterocycles. The number of nitrogens with zero attached hydrogens (tertiary/aromatic N) is 1. The standard InChI is InChI=1S/C23H23ClN2O6S/c1-12-19(22(27)30-4)20(13-9-15(24)21(29-3)18(10-13)28-2)25-23(33)26(12)14-5-6-16-17(11-14)32-8-7-31-16/h5-6,9-11,20H,7-8H2,1-4H3,(H,25,33)/t20-/m1/s1. The van der Waals surface area contributed by atoms with Crippen LogP contribution in [0.3, 0.4) is 0 Å². The molecule has 0 unspecified atom stereocenters. The molecular formula is C23H23ClN2O6S. The molecule has 174 valence electrons. The van der Waals surface area contributed by atoms with Gasteiger partial charge in [-0.2, -0.15) is 0 Å². The summed E-state index contributed by atoms with van der Waals surface area (Å²) in [5.41, 5.74) is 2.38. The highest BCUT2D eigenvalue weighted by atomic mass is 35.5. The van der Waals surface area contributed by atoms with Crippen molar-refractivity contribution in [1.82, 2.24) is 5.32 Å². The number of hydrogen-bond donors (Lipinski definition) is 1. The highest BCUT2D eigenvalue weighted by Gasteiger charge is 2.36. The van der Waals surface area contributed by atoms with E-state index in [1.165, 1.54) is 21.3 Å². The van der Waals surface area contributed by atoms with E-state index >= 15 is 0 Å². The van der Waals surface area contributed by atoms with Crippen molar-refractivity contribution < 1.29 is 28.5 Å². The largest absolute Gasteiger partial charge is 0.493 e. The second-order valence-corrected chi connectivity index (χ2v) is 8.07. The normalized spacial score (nSPS) is 17.4. The van der Waals surface area contributed by atoms with Gasteiger partial charge in [-0.15, -0.1) is 0 Å². The van der Waals surface area contributed by atoms with Crippen molar-refractivity contribution >= 4 is 40.6 Å². The number of carbonyl (C=O) groups is 1. The predicted molar refractivity (Wildman–Crippen MR) is 128 cm³/mol.